The zero-order chi connectivity index (χ0) is 13.7. The fraction of sp³-hybridized carbons (Fsp3) is 0.750. The Bertz CT molecular complexity index is 343. The standard InChI is InChI=1S/C12H20N2O4/c1-9(12(17)18-3)7-13(2)11(16)8-14-6-4-5-10(14)15/h9H,4-8H2,1-3H3. The first-order chi connectivity index (χ1) is 8.45. The Hall–Kier alpha value is -1.59. The van der Waals surface area contributed by atoms with Crippen LogP contribution in [0.15, 0.2) is 0 Å². The number of hydrogen-bond donors (Lipinski definition) is 0. The van der Waals surface area contributed by atoms with Gasteiger partial charge in [-0.3, -0.25) is 14.4 Å². The molecule has 1 rings (SSSR count). The molecule has 1 atom stereocenters. The molecular formula is C12H20N2O4. The Kier molecular flexibility index (Phi) is 5.12. The summed E-state index contributed by atoms with van der Waals surface area (Å²) in [6.45, 7) is 2.75. The highest BCUT2D eigenvalue weighted by molar-refractivity contribution is 5.86. The average molecular weight is 256 g/mol. The molecule has 102 valence electrons. The van der Waals surface area contributed by atoms with Crippen molar-refractivity contribution in [2.45, 2.75) is 19.8 Å². The number of rotatable bonds is 5. The van der Waals surface area contributed by atoms with Crippen molar-refractivity contribution in [1.29, 1.82) is 0 Å². The van der Waals surface area contributed by atoms with Crippen molar-refractivity contribution in [3.05, 3.63) is 0 Å². The van der Waals surface area contributed by atoms with Gasteiger partial charge >= 0.3 is 5.97 Å². The number of carbonyl (C=O) groups is 3. The molecule has 1 aliphatic heterocycles. The molecular weight excluding hydrogens is 236 g/mol. The highest BCUT2D eigenvalue weighted by atomic mass is 16.5. The molecule has 6 heteroatoms. The van der Waals surface area contributed by atoms with E-state index in [1.165, 1.54) is 12.0 Å². The highest BCUT2D eigenvalue weighted by Gasteiger charge is 2.25. The maximum atomic E-state index is 11.9. The van der Waals surface area contributed by atoms with Crippen LogP contribution < -0.4 is 0 Å². The minimum absolute atomic E-state index is 0.0257. The largest absolute Gasteiger partial charge is 0.469 e. The lowest BCUT2D eigenvalue weighted by atomic mass is 10.2. The lowest BCUT2D eigenvalue weighted by Gasteiger charge is -2.23. The lowest BCUT2D eigenvalue weighted by molar-refractivity contribution is -0.146. The van der Waals surface area contributed by atoms with Crippen molar-refractivity contribution < 1.29 is 19.1 Å². The van der Waals surface area contributed by atoms with E-state index in [9.17, 15) is 14.4 Å². The lowest BCUT2D eigenvalue weighted by Crippen LogP contribution is -2.41. The average Bonchev–Trinajstić information content (AvgIpc) is 2.73. The summed E-state index contributed by atoms with van der Waals surface area (Å²) in [4.78, 5) is 37.5. The number of ether oxygens (including phenoxy) is 1. The number of carbonyl (C=O) groups excluding carboxylic acids is 3. The molecule has 0 aromatic heterocycles. The topological polar surface area (TPSA) is 66.9 Å². The van der Waals surface area contributed by atoms with Crippen LogP contribution in [-0.2, 0) is 19.1 Å². The van der Waals surface area contributed by atoms with E-state index in [4.69, 9.17) is 0 Å². The van der Waals surface area contributed by atoms with Crippen molar-refractivity contribution in [3.8, 4) is 0 Å². The second-order valence-electron chi connectivity index (χ2n) is 4.62. The quantitative estimate of drug-likeness (QED) is 0.643. The van der Waals surface area contributed by atoms with Crippen molar-refractivity contribution in [2.24, 2.45) is 5.92 Å². The van der Waals surface area contributed by atoms with E-state index in [0.717, 1.165) is 6.42 Å². The molecule has 2 amide bonds. The first-order valence-corrected chi connectivity index (χ1v) is 6.05. The molecule has 0 saturated carbocycles. The van der Waals surface area contributed by atoms with Gasteiger partial charge in [0.05, 0.1) is 19.6 Å². The van der Waals surface area contributed by atoms with Crippen LogP contribution in [0.2, 0.25) is 0 Å². The fourth-order valence-electron chi connectivity index (χ4n) is 1.94. The van der Waals surface area contributed by atoms with Crippen LogP contribution in [0.25, 0.3) is 0 Å². The molecule has 0 spiro atoms. The summed E-state index contributed by atoms with van der Waals surface area (Å²) in [6, 6.07) is 0. The summed E-state index contributed by atoms with van der Waals surface area (Å²) in [5.74, 6) is -0.830. The molecule has 1 heterocycles. The van der Waals surface area contributed by atoms with Crippen LogP contribution in [0.5, 0.6) is 0 Å². The van der Waals surface area contributed by atoms with Gasteiger partial charge < -0.3 is 14.5 Å². The van der Waals surface area contributed by atoms with Gasteiger partial charge in [-0.25, -0.2) is 0 Å². The number of likely N-dealkylation sites (N-methyl/N-ethyl adjacent to an activating group) is 1. The second-order valence-corrected chi connectivity index (χ2v) is 4.62. The Balaban J connectivity index is 2.41. The number of methoxy groups -OCH3 is 1. The number of likely N-dealkylation sites (tertiary alicyclic amines) is 1. The minimum Gasteiger partial charge on any atom is -0.469 e. The van der Waals surface area contributed by atoms with E-state index in [-0.39, 0.29) is 30.2 Å². The van der Waals surface area contributed by atoms with Crippen LogP contribution >= 0.6 is 0 Å². The number of hydrogen-bond acceptors (Lipinski definition) is 4. The van der Waals surface area contributed by atoms with E-state index in [2.05, 4.69) is 4.74 Å². The minimum atomic E-state index is -0.363. The molecule has 0 radical (unpaired) electrons. The van der Waals surface area contributed by atoms with Crippen LogP contribution in [0.1, 0.15) is 19.8 Å². The predicted octanol–water partition coefficient (Wildman–Crippen LogP) is -0.124. The van der Waals surface area contributed by atoms with Gasteiger partial charge in [0.15, 0.2) is 0 Å². The van der Waals surface area contributed by atoms with Crippen LogP contribution in [0.4, 0.5) is 0 Å². The second kappa shape index (κ2) is 6.37. The van der Waals surface area contributed by atoms with Crippen LogP contribution in [-0.4, -0.2) is 61.4 Å². The number of nitrogens with zero attached hydrogens (tertiary/aromatic N) is 2. The number of esters is 1. The van der Waals surface area contributed by atoms with Crippen LogP contribution in [0, 0.1) is 5.92 Å². The Labute approximate surface area is 107 Å². The monoisotopic (exact) mass is 256 g/mol. The van der Waals surface area contributed by atoms with Crippen molar-refractivity contribution >= 4 is 17.8 Å². The third-order valence-corrected chi connectivity index (χ3v) is 3.07. The third-order valence-electron chi connectivity index (χ3n) is 3.07. The summed E-state index contributed by atoms with van der Waals surface area (Å²) < 4.78 is 4.60. The highest BCUT2D eigenvalue weighted by Crippen LogP contribution is 2.10. The number of amides is 2. The molecule has 0 bridgehead atoms. The van der Waals surface area contributed by atoms with Gasteiger partial charge in [0, 0.05) is 26.6 Å². The Morgan fingerprint density at radius 1 is 1.50 bits per heavy atom. The molecule has 0 aromatic rings. The normalized spacial score (nSPS) is 16.6. The Morgan fingerprint density at radius 2 is 2.17 bits per heavy atom. The van der Waals surface area contributed by atoms with Crippen molar-refractivity contribution in [2.75, 3.05) is 33.8 Å². The van der Waals surface area contributed by atoms with Gasteiger partial charge in [0.25, 0.3) is 0 Å². The van der Waals surface area contributed by atoms with E-state index < -0.39 is 0 Å². The van der Waals surface area contributed by atoms with Gasteiger partial charge in [-0.1, -0.05) is 6.92 Å². The molecule has 0 N–H and O–H groups in total. The van der Waals surface area contributed by atoms with Gasteiger partial charge in [0.2, 0.25) is 11.8 Å². The summed E-state index contributed by atoms with van der Waals surface area (Å²) in [6.07, 6.45) is 1.34. The summed E-state index contributed by atoms with van der Waals surface area (Å²) in [5.41, 5.74) is 0. The summed E-state index contributed by atoms with van der Waals surface area (Å²) in [5, 5.41) is 0. The van der Waals surface area contributed by atoms with Gasteiger partial charge in [-0.15, -0.1) is 0 Å². The molecule has 0 aromatic carbocycles. The molecule has 1 unspecified atom stereocenters. The van der Waals surface area contributed by atoms with E-state index in [1.807, 2.05) is 0 Å². The maximum Gasteiger partial charge on any atom is 0.310 e. The summed E-state index contributed by atoms with van der Waals surface area (Å²) >= 11 is 0. The fourth-order valence-corrected chi connectivity index (χ4v) is 1.94. The smallest absolute Gasteiger partial charge is 0.310 e. The molecule has 0 aliphatic carbocycles. The van der Waals surface area contributed by atoms with Crippen LogP contribution in [0.3, 0.4) is 0 Å². The Morgan fingerprint density at radius 3 is 2.67 bits per heavy atom. The molecule has 1 fully saturated rings. The first-order valence-electron chi connectivity index (χ1n) is 6.05. The SMILES string of the molecule is COC(=O)C(C)CN(C)C(=O)CN1CCCC1=O. The van der Waals surface area contributed by atoms with E-state index in [0.29, 0.717) is 19.5 Å². The molecule has 1 aliphatic rings. The third kappa shape index (κ3) is 3.72. The van der Waals surface area contributed by atoms with E-state index >= 15 is 0 Å². The molecule has 6 nitrogen and oxygen atoms in total. The summed E-state index contributed by atoms with van der Waals surface area (Å²) in [7, 11) is 2.95. The molecule has 18 heavy (non-hydrogen) atoms. The zero-order valence-corrected chi connectivity index (χ0v) is 11.1. The van der Waals surface area contributed by atoms with E-state index in [1.54, 1.807) is 18.9 Å². The van der Waals surface area contributed by atoms with Crippen molar-refractivity contribution in [1.82, 2.24) is 9.80 Å². The van der Waals surface area contributed by atoms with Gasteiger partial charge in [-0.2, -0.15) is 0 Å². The van der Waals surface area contributed by atoms with Gasteiger partial charge in [0.1, 0.15) is 0 Å². The zero-order valence-electron chi connectivity index (χ0n) is 11.1. The molecule has 1 saturated heterocycles. The maximum absolute atomic E-state index is 11.9. The first kappa shape index (κ1) is 14.5. The van der Waals surface area contributed by atoms with Gasteiger partial charge in [-0.05, 0) is 6.42 Å². The van der Waals surface area contributed by atoms with Crippen molar-refractivity contribution in [3.63, 3.8) is 0 Å². The predicted molar refractivity (Wildman–Crippen MR) is 64.6 cm³/mol.